The molecule has 1 heterocycles. The molecule has 0 spiro atoms. The van der Waals surface area contributed by atoms with Gasteiger partial charge in [-0.05, 0) is 26.8 Å². The van der Waals surface area contributed by atoms with Crippen LogP contribution in [-0.2, 0) is 11.3 Å². The van der Waals surface area contributed by atoms with Gasteiger partial charge in [-0.1, -0.05) is 12.1 Å². The third-order valence-corrected chi connectivity index (χ3v) is 2.89. The van der Waals surface area contributed by atoms with E-state index < -0.39 is 0 Å². The Balaban J connectivity index is 2.87. The van der Waals surface area contributed by atoms with E-state index in [1.54, 1.807) is 7.11 Å². The van der Waals surface area contributed by atoms with E-state index in [2.05, 4.69) is 48.6 Å². The first-order valence-corrected chi connectivity index (χ1v) is 7.01. The molecule has 1 aromatic heterocycles. The number of methoxy groups -OCH3 is 1. The Morgan fingerprint density at radius 3 is 2.80 bits per heavy atom. The molecule has 0 saturated carbocycles. The van der Waals surface area contributed by atoms with Gasteiger partial charge in [0, 0.05) is 44.0 Å². The van der Waals surface area contributed by atoms with Crippen LogP contribution in [0.1, 0.15) is 26.3 Å². The van der Waals surface area contributed by atoms with Gasteiger partial charge in [0.15, 0.2) is 0 Å². The number of nitrogens with zero attached hydrogens (tertiary/aromatic N) is 2. The first-order chi connectivity index (χ1) is 9.48. The van der Waals surface area contributed by atoms with Gasteiger partial charge in [-0.25, -0.2) is 4.98 Å². The number of hydrogen-bond acceptors (Lipinski definition) is 4. The van der Waals surface area contributed by atoms with Crippen molar-refractivity contribution in [3.05, 3.63) is 36.5 Å². The predicted molar refractivity (Wildman–Crippen MR) is 85.1 cm³/mol. The summed E-state index contributed by atoms with van der Waals surface area (Å²) in [6, 6.07) is 4.09. The summed E-state index contributed by atoms with van der Waals surface area (Å²) in [5, 5.41) is 3.51. The highest BCUT2D eigenvalue weighted by Crippen LogP contribution is 2.18. The quantitative estimate of drug-likeness (QED) is 0.741. The largest absolute Gasteiger partial charge is 0.383 e. The van der Waals surface area contributed by atoms with Crippen LogP contribution in [-0.4, -0.2) is 37.3 Å². The first-order valence-electron chi connectivity index (χ1n) is 7.01. The van der Waals surface area contributed by atoms with Gasteiger partial charge in [0.25, 0.3) is 0 Å². The molecule has 1 rings (SSSR count). The lowest BCUT2D eigenvalue weighted by atomic mass is 10.1. The Labute approximate surface area is 122 Å². The van der Waals surface area contributed by atoms with Gasteiger partial charge in [0.2, 0.25) is 0 Å². The number of aromatic nitrogens is 1. The van der Waals surface area contributed by atoms with Crippen LogP contribution in [0.3, 0.4) is 0 Å². The molecule has 0 aliphatic carbocycles. The van der Waals surface area contributed by atoms with Crippen molar-refractivity contribution >= 4 is 5.82 Å². The van der Waals surface area contributed by atoms with Gasteiger partial charge >= 0.3 is 0 Å². The fraction of sp³-hybridized carbons (Fsp3) is 0.562. The lowest BCUT2D eigenvalue weighted by molar-refractivity contribution is 0.205. The topological polar surface area (TPSA) is 37.4 Å². The molecular weight excluding hydrogens is 250 g/mol. The zero-order chi connectivity index (χ0) is 15.0. The summed E-state index contributed by atoms with van der Waals surface area (Å²) in [7, 11) is 1.71. The molecule has 20 heavy (non-hydrogen) atoms. The van der Waals surface area contributed by atoms with Crippen LogP contribution in [0, 0.1) is 0 Å². The van der Waals surface area contributed by atoms with Crippen molar-refractivity contribution in [2.24, 2.45) is 0 Å². The highest BCUT2D eigenvalue weighted by Gasteiger charge is 2.14. The van der Waals surface area contributed by atoms with Crippen molar-refractivity contribution in [2.45, 2.75) is 32.9 Å². The fourth-order valence-electron chi connectivity index (χ4n) is 1.85. The molecule has 1 aromatic rings. The smallest absolute Gasteiger partial charge is 0.133 e. The minimum atomic E-state index is 0.0862. The van der Waals surface area contributed by atoms with Gasteiger partial charge < -0.3 is 15.0 Å². The van der Waals surface area contributed by atoms with Crippen molar-refractivity contribution in [1.29, 1.82) is 0 Å². The zero-order valence-corrected chi connectivity index (χ0v) is 13.1. The van der Waals surface area contributed by atoms with Crippen LogP contribution in [0.5, 0.6) is 0 Å². The number of pyridine rings is 1. The lowest BCUT2D eigenvalue weighted by Crippen LogP contribution is -2.36. The number of ether oxygens (including phenoxy) is 1. The minimum absolute atomic E-state index is 0.0862. The first kappa shape index (κ1) is 16.7. The van der Waals surface area contributed by atoms with E-state index in [4.69, 9.17) is 4.74 Å². The molecule has 0 atom stereocenters. The third-order valence-electron chi connectivity index (χ3n) is 2.89. The number of rotatable bonds is 8. The monoisotopic (exact) mass is 277 g/mol. The standard InChI is InChI=1S/C16H27N3O/c1-6-10-19(11-12-20-5)15-14(8-7-9-17-15)13-18-16(2,3)4/h6-9,18H,1,10-13H2,2-5H3. The molecule has 0 unspecified atom stereocenters. The van der Waals surface area contributed by atoms with Gasteiger partial charge in [-0.15, -0.1) is 6.58 Å². The number of hydrogen-bond donors (Lipinski definition) is 1. The van der Waals surface area contributed by atoms with Gasteiger partial charge in [-0.3, -0.25) is 0 Å². The second-order valence-corrected chi connectivity index (χ2v) is 5.82. The Bertz CT molecular complexity index is 412. The van der Waals surface area contributed by atoms with Crippen LogP contribution in [0.2, 0.25) is 0 Å². The Morgan fingerprint density at radius 1 is 1.45 bits per heavy atom. The summed E-state index contributed by atoms with van der Waals surface area (Å²) < 4.78 is 5.17. The van der Waals surface area contributed by atoms with Gasteiger partial charge in [-0.2, -0.15) is 0 Å². The van der Waals surface area contributed by atoms with E-state index in [-0.39, 0.29) is 5.54 Å². The molecule has 0 fully saturated rings. The highest BCUT2D eigenvalue weighted by molar-refractivity contribution is 5.47. The Kier molecular flexibility index (Phi) is 6.68. The maximum atomic E-state index is 5.17. The molecule has 0 bridgehead atoms. The summed E-state index contributed by atoms with van der Waals surface area (Å²) >= 11 is 0. The highest BCUT2D eigenvalue weighted by atomic mass is 16.5. The van der Waals surface area contributed by atoms with Crippen molar-refractivity contribution in [1.82, 2.24) is 10.3 Å². The predicted octanol–water partition coefficient (Wildman–Crippen LogP) is 2.61. The van der Waals surface area contributed by atoms with Crippen molar-refractivity contribution < 1.29 is 4.74 Å². The summed E-state index contributed by atoms with van der Waals surface area (Å²) in [4.78, 5) is 6.72. The van der Waals surface area contributed by atoms with Crippen molar-refractivity contribution in [2.75, 3.05) is 31.7 Å². The Morgan fingerprint density at radius 2 is 2.20 bits per heavy atom. The molecule has 0 aliphatic heterocycles. The van der Waals surface area contributed by atoms with Gasteiger partial charge in [0.1, 0.15) is 5.82 Å². The molecule has 4 nitrogen and oxygen atoms in total. The average molecular weight is 277 g/mol. The summed E-state index contributed by atoms with van der Waals surface area (Å²) in [5.74, 6) is 1.00. The van der Waals surface area contributed by atoms with E-state index in [0.29, 0.717) is 6.61 Å². The fourth-order valence-corrected chi connectivity index (χ4v) is 1.85. The van der Waals surface area contributed by atoms with Crippen LogP contribution < -0.4 is 10.2 Å². The van der Waals surface area contributed by atoms with E-state index in [1.807, 2.05) is 18.3 Å². The molecule has 1 N–H and O–H groups in total. The molecule has 0 aliphatic rings. The summed E-state index contributed by atoms with van der Waals surface area (Å²) in [6.07, 6.45) is 3.73. The lowest BCUT2D eigenvalue weighted by Gasteiger charge is -2.26. The average Bonchev–Trinajstić information content (AvgIpc) is 2.41. The molecule has 112 valence electrons. The molecule has 0 radical (unpaired) electrons. The SMILES string of the molecule is C=CCN(CCOC)c1ncccc1CNC(C)(C)C. The van der Waals surface area contributed by atoms with E-state index >= 15 is 0 Å². The van der Waals surface area contributed by atoms with Crippen molar-refractivity contribution in [3.8, 4) is 0 Å². The van der Waals surface area contributed by atoms with Gasteiger partial charge in [0.05, 0.1) is 6.61 Å². The van der Waals surface area contributed by atoms with Crippen molar-refractivity contribution in [3.63, 3.8) is 0 Å². The number of nitrogens with one attached hydrogen (secondary N) is 1. The van der Waals surface area contributed by atoms with Crippen LogP contribution >= 0.6 is 0 Å². The van der Waals surface area contributed by atoms with Crippen LogP contribution in [0.15, 0.2) is 31.0 Å². The van der Waals surface area contributed by atoms with Crippen LogP contribution in [0.4, 0.5) is 5.82 Å². The van der Waals surface area contributed by atoms with Crippen LogP contribution in [0.25, 0.3) is 0 Å². The zero-order valence-electron chi connectivity index (χ0n) is 13.1. The Hall–Kier alpha value is -1.39. The molecule has 0 amide bonds. The molecular formula is C16H27N3O. The molecule has 0 aromatic carbocycles. The normalized spacial score (nSPS) is 11.4. The molecule has 0 saturated heterocycles. The van der Waals surface area contributed by atoms with E-state index in [0.717, 1.165) is 25.5 Å². The second-order valence-electron chi connectivity index (χ2n) is 5.82. The molecule has 4 heteroatoms. The maximum Gasteiger partial charge on any atom is 0.133 e. The van der Waals surface area contributed by atoms with E-state index in [9.17, 15) is 0 Å². The number of anilines is 1. The third kappa shape index (κ3) is 5.72. The van der Waals surface area contributed by atoms with E-state index in [1.165, 1.54) is 5.56 Å². The summed E-state index contributed by atoms with van der Waals surface area (Å²) in [6.45, 7) is 13.4. The summed E-state index contributed by atoms with van der Waals surface area (Å²) in [5.41, 5.74) is 1.28. The second kappa shape index (κ2) is 8.02. The minimum Gasteiger partial charge on any atom is -0.383 e. The maximum absolute atomic E-state index is 5.17.